The highest BCUT2D eigenvalue weighted by atomic mass is 16.7. The van der Waals surface area contributed by atoms with Crippen molar-refractivity contribution < 1.29 is 69.0 Å². The van der Waals surface area contributed by atoms with Crippen molar-refractivity contribution in [3.63, 3.8) is 0 Å². The van der Waals surface area contributed by atoms with E-state index in [0.29, 0.717) is 32.1 Å². The second kappa shape index (κ2) is 14.7. The van der Waals surface area contributed by atoms with E-state index in [1.807, 2.05) is 13.8 Å². The lowest BCUT2D eigenvalue weighted by molar-refractivity contribution is -0.310. The molecule has 7 N–H and O–H groups in total. The molecule has 324 valence electrons. The molecule has 2 heterocycles. The summed E-state index contributed by atoms with van der Waals surface area (Å²) in [7, 11) is 0. The summed E-state index contributed by atoms with van der Waals surface area (Å²) >= 11 is 0. The number of hydrogen-bond donors (Lipinski definition) is 7. The Kier molecular flexibility index (Phi) is 11.2. The van der Waals surface area contributed by atoms with Gasteiger partial charge in [-0.25, -0.2) is 0 Å². The molecule has 19 atom stereocenters. The first-order chi connectivity index (χ1) is 26.5. The second-order valence-electron chi connectivity index (χ2n) is 20.5. The van der Waals surface area contributed by atoms with Gasteiger partial charge in [0.15, 0.2) is 12.4 Å². The lowest BCUT2D eigenvalue weighted by Gasteiger charge is -2.72. The van der Waals surface area contributed by atoms with Crippen molar-refractivity contribution in [2.24, 2.45) is 50.7 Å². The Balaban J connectivity index is 1.18. The van der Waals surface area contributed by atoms with E-state index in [1.165, 1.54) is 6.92 Å². The van der Waals surface area contributed by atoms with Gasteiger partial charge in [-0.15, -0.1) is 0 Å². The van der Waals surface area contributed by atoms with Gasteiger partial charge >= 0.3 is 11.9 Å². The van der Waals surface area contributed by atoms with Crippen LogP contribution in [0.25, 0.3) is 0 Å². The van der Waals surface area contributed by atoms with E-state index < -0.39 is 90.8 Å². The number of ether oxygens (including phenoxy) is 5. The molecule has 0 aromatic carbocycles. The van der Waals surface area contributed by atoms with Gasteiger partial charge in [0.25, 0.3) is 0 Å². The third-order valence-electron chi connectivity index (χ3n) is 17.5. The van der Waals surface area contributed by atoms with Crippen molar-refractivity contribution in [3.8, 4) is 0 Å². The van der Waals surface area contributed by atoms with E-state index in [4.69, 9.17) is 23.7 Å². The molecule has 7 aliphatic rings. The average Bonchev–Trinajstić information content (AvgIpc) is 3.14. The number of hydrogen-bond acceptors (Lipinski definition) is 14. The Hall–Kier alpha value is -1.72. The van der Waals surface area contributed by atoms with Crippen LogP contribution in [0.4, 0.5) is 0 Å². The minimum Gasteiger partial charge on any atom is -0.454 e. The first kappa shape index (κ1) is 43.4. The highest BCUT2D eigenvalue weighted by molar-refractivity contribution is 5.79. The van der Waals surface area contributed by atoms with E-state index in [-0.39, 0.29) is 52.1 Å². The minimum absolute atomic E-state index is 0.0984. The fourth-order valence-electron chi connectivity index (χ4n) is 13.8. The van der Waals surface area contributed by atoms with Gasteiger partial charge in [-0.05, 0) is 104 Å². The molecular weight excluding hydrogens is 740 g/mol. The fraction of sp³-hybridized carbons (Fsp3) is 0.907. The summed E-state index contributed by atoms with van der Waals surface area (Å²) in [5.74, 6) is -1.39. The van der Waals surface area contributed by atoms with Crippen molar-refractivity contribution in [2.75, 3.05) is 13.2 Å². The number of rotatable bonds is 6. The van der Waals surface area contributed by atoms with Crippen LogP contribution >= 0.6 is 0 Å². The maximum Gasteiger partial charge on any atom is 0.315 e. The van der Waals surface area contributed by atoms with Gasteiger partial charge in [0.05, 0.1) is 30.3 Å². The topological polar surface area (TPSA) is 222 Å². The Morgan fingerprint density at radius 3 is 2.19 bits per heavy atom. The lowest BCUT2D eigenvalue weighted by Crippen LogP contribution is -2.68. The van der Waals surface area contributed by atoms with Gasteiger partial charge in [-0.2, -0.15) is 0 Å². The van der Waals surface area contributed by atoms with Crippen molar-refractivity contribution in [1.29, 1.82) is 0 Å². The molecule has 2 saturated heterocycles. The van der Waals surface area contributed by atoms with Crippen molar-refractivity contribution >= 4 is 11.9 Å². The van der Waals surface area contributed by atoms with Crippen LogP contribution in [-0.4, -0.2) is 128 Å². The number of allylic oxidation sites excluding steroid dienone is 1. The molecule has 0 bridgehead atoms. The molecule has 0 aromatic rings. The number of aliphatic hydroxyl groups excluding tert-OH is 6. The van der Waals surface area contributed by atoms with Crippen molar-refractivity contribution in [1.82, 2.24) is 0 Å². The molecular formula is C43H68O14. The molecule has 5 aliphatic carbocycles. The predicted molar refractivity (Wildman–Crippen MR) is 202 cm³/mol. The van der Waals surface area contributed by atoms with Gasteiger partial charge in [0, 0.05) is 12.8 Å². The summed E-state index contributed by atoms with van der Waals surface area (Å²) in [6.45, 7) is 16.0. The summed E-state index contributed by atoms with van der Waals surface area (Å²) in [5, 5.41) is 75.0. The largest absolute Gasteiger partial charge is 0.454 e. The Labute approximate surface area is 336 Å². The molecule has 19 unspecified atom stereocenters. The van der Waals surface area contributed by atoms with Crippen LogP contribution in [0.5, 0.6) is 0 Å². The van der Waals surface area contributed by atoms with Crippen LogP contribution in [-0.2, 0) is 33.3 Å². The van der Waals surface area contributed by atoms with Crippen LogP contribution in [0.3, 0.4) is 0 Å². The molecule has 0 amide bonds. The summed E-state index contributed by atoms with van der Waals surface area (Å²) in [5.41, 5.74) is -2.30. The van der Waals surface area contributed by atoms with E-state index >= 15 is 0 Å². The first-order valence-electron chi connectivity index (χ1n) is 21.3. The molecule has 0 aromatic heterocycles. The Bertz CT molecular complexity index is 1580. The van der Waals surface area contributed by atoms with Gasteiger partial charge in [-0.3, -0.25) is 9.59 Å². The SMILES string of the molecule is CC(=O)OC1C(OC2CCC3(C)C(CCC4(C)C3CC=C3C5C(C(=O)OC6OC(CO)C(O)C(O)C6O)(CCC(C)C5(C)O)CCC34C)C2(C)C)OCC(O)C1O. The second-order valence-corrected chi connectivity index (χ2v) is 20.5. The maximum atomic E-state index is 14.6. The molecule has 6 fully saturated rings. The summed E-state index contributed by atoms with van der Waals surface area (Å²) in [6.07, 6.45) is -4.12. The molecule has 0 spiro atoms. The standard InChI is InChI=1S/C43H68O14/c1-21-11-16-43(37(51)57-35-32(50)31(49)30(48)25(19-44)55-35)18-17-40(6)23(34(43)42(21,8)52)9-10-27-39(5)14-13-28(38(3,4)26(39)12-15-41(27,40)7)56-36-33(54-22(2)45)29(47)24(46)20-53-36/h9,21,24-36,44,46-50,52H,10-20H2,1-8H3. The monoisotopic (exact) mass is 808 g/mol. The van der Waals surface area contributed by atoms with Crippen LogP contribution in [0, 0.1) is 50.7 Å². The van der Waals surface area contributed by atoms with E-state index in [1.54, 1.807) is 0 Å². The Morgan fingerprint density at radius 1 is 0.825 bits per heavy atom. The summed E-state index contributed by atoms with van der Waals surface area (Å²) < 4.78 is 29.4. The van der Waals surface area contributed by atoms with E-state index in [2.05, 4.69) is 40.7 Å². The first-order valence-corrected chi connectivity index (χ1v) is 21.3. The quantitative estimate of drug-likeness (QED) is 0.117. The van der Waals surface area contributed by atoms with Crippen LogP contribution in [0.15, 0.2) is 11.6 Å². The highest BCUT2D eigenvalue weighted by Crippen LogP contribution is 2.76. The summed E-state index contributed by atoms with van der Waals surface area (Å²) in [4.78, 5) is 26.6. The van der Waals surface area contributed by atoms with Gasteiger partial charge < -0.3 is 59.4 Å². The van der Waals surface area contributed by atoms with Gasteiger partial charge in [-0.1, -0.05) is 53.2 Å². The number of fused-ring (bicyclic) bond motifs is 7. The minimum atomic E-state index is -1.72. The average molecular weight is 809 g/mol. The summed E-state index contributed by atoms with van der Waals surface area (Å²) in [6, 6.07) is 0. The Morgan fingerprint density at radius 2 is 1.53 bits per heavy atom. The highest BCUT2D eigenvalue weighted by Gasteiger charge is 2.72. The third kappa shape index (κ3) is 6.40. The van der Waals surface area contributed by atoms with Gasteiger partial charge in [0.2, 0.25) is 6.29 Å². The fourth-order valence-corrected chi connectivity index (χ4v) is 13.8. The zero-order valence-corrected chi connectivity index (χ0v) is 34.9. The number of esters is 2. The molecule has 0 radical (unpaired) electrons. The van der Waals surface area contributed by atoms with Crippen LogP contribution in [0.2, 0.25) is 0 Å². The normalized spacial score (nSPS) is 53.2. The molecule has 4 saturated carbocycles. The van der Waals surface area contributed by atoms with E-state index in [9.17, 15) is 45.3 Å². The van der Waals surface area contributed by atoms with Crippen LogP contribution in [0.1, 0.15) is 113 Å². The smallest absolute Gasteiger partial charge is 0.315 e. The lowest BCUT2D eigenvalue weighted by atomic mass is 9.33. The molecule has 57 heavy (non-hydrogen) atoms. The predicted octanol–water partition coefficient (Wildman–Crippen LogP) is 2.50. The zero-order chi connectivity index (χ0) is 41.8. The number of aliphatic hydroxyl groups is 7. The van der Waals surface area contributed by atoms with E-state index in [0.717, 1.165) is 31.3 Å². The molecule has 2 aliphatic heterocycles. The van der Waals surface area contributed by atoms with Crippen LogP contribution < -0.4 is 0 Å². The molecule has 14 nitrogen and oxygen atoms in total. The third-order valence-corrected chi connectivity index (χ3v) is 17.5. The van der Waals surface area contributed by atoms with Crippen molar-refractivity contribution in [3.05, 3.63) is 11.6 Å². The van der Waals surface area contributed by atoms with Crippen molar-refractivity contribution in [2.45, 2.75) is 180 Å². The molecule has 14 heteroatoms. The maximum absolute atomic E-state index is 14.6. The number of carbonyl (C=O) groups excluding carboxylic acids is 2. The zero-order valence-electron chi connectivity index (χ0n) is 34.9. The molecule has 7 rings (SSSR count). The number of carbonyl (C=O) groups is 2. The van der Waals surface area contributed by atoms with Gasteiger partial charge in [0.1, 0.15) is 36.6 Å².